The third-order valence-electron chi connectivity index (χ3n) is 4.17. The Kier molecular flexibility index (Phi) is 5.20. The summed E-state index contributed by atoms with van der Waals surface area (Å²) >= 11 is 0. The van der Waals surface area contributed by atoms with Crippen LogP contribution in [0.3, 0.4) is 0 Å². The Balaban J connectivity index is 1.94. The van der Waals surface area contributed by atoms with Crippen molar-refractivity contribution in [2.45, 2.75) is 32.3 Å². The molecule has 2 heterocycles. The first kappa shape index (κ1) is 17.2. The van der Waals surface area contributed by atoms with Crippen molar-refractivity contribution in [1.82, 2.24) is 10.3 Å². The lowest BCUT2D eigenvalue weighted by Gasteiger charge is -2.31. The number of amides is 1. The van der Waals surface area contributed by atoms with Crippen LogP contribution >= 0.6 is 0 Å². The number of nitrogens with one attached hydrogen (secondary N) is 1. The number of carbonyl (C=O) groups is 2. The number of aliphatic hydroxyl groups is 1. The molecule has 1 aliphatic heterocycles. The second kappa shape index (κ2) is 6.95. The fourth-order valence-electron chi connectivity index (χ4n) is 2.38. The van der Waals surface area contributed by atoms with Crippen LogP contribution in [0, 0.1) is 5.92 Å². The van der Waals surface area contributed by atoms with Gasteiger partial charge in [0.15, 0.2) is 5.60 Å². The van der Waals surface area contributed by atoms with Crippen molar-refractivity contribution >= 4 is 17.7 Å². The van der Waals surface area contributed by atoms with E-state index in [1.165, 1.54) is 6.20 Å². The number of aromatic nitrogens is 1. The number of hydrogen-bond donors (Lipinski definition) is 3. The molecule has 0 aromatic carbocycles. The number of piperidine rings is 1. The molecule has 0 spiro atoms. The van der Waals surface area contributed by atoms with E-state index < -0.39 is 17.5 Å². The van der Waals surface area contributed by atoms with Gasteiger partial charge in [-0.1, -0.05) is 6.92 Å². The first-order valence-corrected chi connectivity index (χ1v) is 7.74. The van der Waals surface area contributed by atoms with E-state index in [0.29, 0.717) is 5.56 Å². The summed E-state index contributed by atoms with van der Waals surface area (Å²) in [6.07, 6.45) is 3.74. The molecule has 7 nitrogen and oxygen atoms in total. The Bertz CT molecular complexity index is 563. The van der Waals surface area contributed by atoms with Crippen LogP contribution in [0.5, 0.6) is 0 Å². The molecular formula is C16H23N3O4. The SMILES string of the molecule is CC1CCN(c2ccc(C(=O)NCC(C)(O)C(=O)O)cn2)CC1. The first-order chi connectivity index (χ1) is 10.8. The fraction of sp³-hybridized carbons (Fsp3) is 0.562. The first-order valence-electron chi connectivity index (χ1n) is 7.74. The number of aliphatic carboxylic acids is 1. The lowest BCUT2D eigenvalue weighted by Crippen LogP contribution is -2.46. The minimum atomic E-state index is -1.99. The van der Waals surface area contributed by atoms with Crippen molar-refractivity contribution in [2.75, 3.05) is 24.5 Å². The molecule has 1 unspecified atom stereocenters. The second-order valence-electron chi connectivity index (χ2n) is 6.34. The molecule has 1 atom stereocenters. The molecule has 1 aliphatic rings. The normalized spacial score (nSPS) is 18.3. The van der Waals surface area contributed by atoms with E-state index in [2.05, 4.69) is 22.1 Å². The van der Waals surface area contributed by atoms with Gasteiger partial charge >= 0.3 is 5.97 Å². The molecule has 1 aromatic rings. The lowest BCUT2D eigenvalue weighted by molar-refractivity contribution is -0.155. The maximum absolute atomic E-state index is 12.0. The standard InChI is InChI=1S/C16H23N3O4/c1-11-5-7-19(8-6-11)13-4-3-12(9-17-13)14(20)18-10-16(2,23)15(21)22/h3-4,9,11,23H,5-8,10H2,1-2H3,(H,18,20)(H,21,22). The van der Waals surface area contributed by atoms with Crippen LogP contribution < -0.4 is 10.2 Å². The Morgan fingerprint density at radius 2 is 2.04 bits per heavy atom. The van der Waals surface area contributed by atoms with Crippen LogP contribution in [0.15, 0.2) is 18.3 Å². The van der Waals surface area contributed by atoms with Gasteiger partial charge in [0.2, 0.25) is 0 Å². The van der Waals surface area contributed by atoms with Gasteiger partial charge in [0.1, 0.15) is 5.82 Å². The fourth-order valence-corrected chi connectivity index (χ4v) is 2.38. The number of hydrogen-bond acceptors (Lipinski definition) is 5. The number of carboxylic acid groups (broad SMARTS) is 1. The third kappa shape index (κ3) is 4.41. The maximum Gasteiger partial charge on any atom is 0.337 e. The minimum absolute atomic E-state index is 0.334. The van der Waals surface area contributed by atoms with Crippen LogP contribution in [0.2, 0.25) is 0 Å². The molecule has 7 heteroatoms. The lowest BCUT2D eigenvalue weighted by atomic mass is 9.99. The number of nitrogens with zero attached hydrogens (tertiary/aromatic N) is 2. The third-order valence-corrected chi connectivity index (χ3v) is 4.17. The molecule has 1 saturated heterocycles. The van der Waals surface area contributed by atoms with Crippen molar-refractivity contribution in [2.24, 2.45) is 5.92 Å². The zero-order valence-electron chi connectivity index (χ0n) is 13.5. The minimum Gasteiger partial charge on any atom is -0.479 e. The van der Waals surface area contributed by atoms with Gasteiger partial charge in [-0.25, -0.2) is 9.78 Å². The van der Waals surface area contributed by atoms with E-state index in [1.54, 1.807) is 12.1 Å². The molecule has 0 radical (unpaired) electrons. The molecule has 2 rings (SSSR count). The summed E-state index contributed by atoms with van der Waals surface area (Å²) in [4.78, 5) is 29.3. The monoisotopic (exact) mass is 321 g/mol. The molecule has 3 N–H and O–H groups in total. The molecule has 126 valence electrons. The van der Waals surface area contributed by atoms with Crippen LogP contribution in [-0.2, 0) is 4.79 Å². The molecule has 1 amide bonds. The quantitative estimate of drug-likeness (QED) is 0.744. The number of anilines is 1. The molecule has 1 aromatic heterocycles. The predicted molar refractivity (Wildman–Crippen MR) is 85.4 cm³/mol. The summed E-state index contributed by atoms with van der Waals surface area (Å²) in [5.74, 6) is -0.271. The highest BCUT2D eigenvalue weighted by Gasteiger charge is 2.30. The van der Waals surface area contributed by atoms with Gasteiger partial charge in [-0.3, -0.25) is 4.79 Å². The summed E-state index contributed by atoms with van der Waals surface area (Å²) in [7, 11) is 0. The van der Waals surface area contributed by atoms with Crippen LogP contribution in [0.25, 0.3) is 0 Å². The van der Waals surface area contributed by atoms with Crippen LogP contribution in [0.4, 0.5) is 5.82 Å². The number of carboxylic acids is 1. The molecule has 0 bridgehead atoms. The van der Waals surface area contributed by atoms with Crippen molar-refractivity contribution in [3.05, 3.63) is 23.9 Å². The molecule has 0 aliphatic carbocycles. The van der Waals surface area contributed by atoms with Crippen molar-refractivity contribution in [3.63, 3.8) is 0 Å². The highest BCUT2D eigenvalue weighted by molar-refractivity contribution is 5.94. The van der Waals surface area contributed by atoms with Gasteiger partial charge in [0, 0.05) is 19.3 Å². The van der Waals surface area contributed by atoms with E-state index in [9.17, 15) is 14.7 Å². The summed E-state index contributed by atoms with van der Waals surface area (Å²) in [6, 6.07) is 3.45. The van der Waals surface area contributed by atoms with E-state index in [1.807, 2.05) is 0 Å². The van der Waals surface area contributed by atoms with E-state index in [4.69, 9.17) is 5.11 Å². The van der Waals surface area contributed by atoms with E-state index in [-0.39, 0.29) is 6.54 Å². The van der Waals surface area contributed by atoms with Crippen LogP contribution in [-0.4, -0.2) is 52.3 Å². The summed E-state index contributed by atoms with van der Waals surface area (Å²) in [5, 5.41) is 20.8. The van der Waals surface area contributed by atoms with Crippen molar-refractivity contribution in [3.8, 4) is 0 Å². The van der Waals surface area contributed by atoms with E-state index >= 15 is 0 Å². The zero-order valence-corrected chi connectivity index (χ0v) is 13.5. The van der Waals surface area contributed by atoms with Crippen molar-refractivity contribution in [1.29, 1.82) is 0 Å². The Hall–Kier alpha value is -2.15. The molecule has 0 saturated carbocycles. The van der Waals surface area contributed by atoms with Gasteiger partial charge in [-0.2, -0.15) is 0 Å². The molecule has 23 heavy (non-hydrogen) atoms. The Labute approximate surface area is 135 Å². The van der Waals surface area contributed by atoms with E-state index in [0.717, 1.165) is 44.6 Å². The summed E-state index contributed by atoms with van der Waals surface area (Å²) < 4.78 is 0. The summed E-state index contributed by atoms with van der Waals surface area (Å²) in [6.45, 7) is 4.92. The van der Waals surface area contributed by atoms with Gasteiger partial charge in [0.25, 0.3) is 5.91 Å². The highest BCUT2D eigenvalue weighted by Crippen LogP contribution is 2.21. The molecular weight excluding hydrogens is 298 g/mol. The Morgan fingerprint density at radius 3 is 2.57 bits per heavy atom. The number of rotatable bonds is 5. The average Bonchev–Trinajstić information content (AvgIpc) is 2.53. The van der Waals surface area contributed by atoms with Gasteiger partial charge in [-0.05, 0) is 37.8 Å². The topological polar surface area (TPSA) is 103 Å². The van der Waals surface area contributed by atoms with Crippen LogP contribution in [0.1, 0.15) is 37.0 Å². The largest absolute Gasteiger partial charge is 0.479 e. The maximum atomic E-state index is 12.0. The zero-order chi connectivity index (χ0) is 17.0. The number of carbonyl (C=O) groups excluding carboxylic acids is 1. The van der Waals surface area contributed by atoms with Crippen molar-refractivity contribution < 1.29 is 19.8 Å². The van der Waals surface area contributed by atoms with Gasteiger partial charge < -0.3 is 20.4 Å². The predicted octanol–water partition coefficient (Wildman–Crippen LogP) is 0.883. The Morgan fingerprint density at radius 1 is 1.39 bits per heavy atom. The molecule has 1 fully saturated rings. The summed E-state index contributed by atoms with van der Waals surface area (Å²) in [5.41, 5.74) is -1.66. The van der Waals surface area contributed by atoms with Gasteiger partial charge in [-0.15, -0.1) is 0 Å². The second-order valence-corrected chi connectivity index (χ2v) is 6.34. The van der Waals surface area contributed by atoms with Gasteiger partial charge in [0.05, 0.1) is 12.1 Å². The number of pyridine rings is 1. The highest BCUT2D eigenvalue weighted by atomic mass is 16.4. The smallest absolute Gasteiger partial charge is 0.337 e. The average molecular weight is 321 g/mol.